The largest absolute Gasteiger partial charge is 0.454 e. The van der Waals surface area contributed by atoms with E-state index >= 15 is 0 Å². The average Bonchev–Trinajstić information content (AvgIpc) is 3.52. The molecule has 3 aliphatic heterocycles. The minimum absolute atomic E-state index is 0.116. The van der Waals surface area contributed by atoms with E-state index in [1.807, 2.05) is 38.2 Å². The van der Waals surface area contributed by atoms with E-state index in [2.05, 4.69) is 4.90 Å². The Kier molecular flexibility index (Phi) is 4.80. The van der Waals surface area contributed by atoms with Gasteiger partial charge in [-0.05, 0) is 61.0 Å². The fourth-order valence-corrected chi connectivity index (χ4v) is 7.05. The normalized spacial score (nSPS) is 23.7. The summed E-state index contributed by atoms with van der Waals surface area (Å²) in [7, 11) is -1.96. The zero-order chi connectivity index (χ0) is 24.6. The Bertz CT molecular complexity index is 1480. The van der Waals surface area contributed by atoms with Crippen molar-refractivity contribution in [2.24, 2.45) is 0 Å². The maximum atomic E-state index is 13.4. The lowest BCUT2D eigenvalue weighted by molar-refractivity contribution is 0.0783. The van der Waals surface area contributed by atoms with E-state index in [-0.39, 0.29) is 30.4 Å². The Morgan fingerprint density at radius 1 is 0.889 bits per heavy atom. The summed E-state index contributed by atoms with van der Waals surface area (Å²) < 4.78 is 55.7. The lowest BCUT2D eigenvalue weighted by Crippen LogP contribution is -2.45. The number of benzene rings is 3. The molecule has 0 radical (unpaired) electrons. The second-order valence-corrected chi connectivity index (χ2v) is 11.3. The van der Waals surface area contributed by atoms with Gasteiger partial charge in [0.05, 0.1) is 11.0 Å². The van der Waals surface area contributed by atoms with Crippen LogP contribution in [0.3, 0.4) is 0 Å². The van der Waals surface area contributed by atoms with Crippen LogP contribution < -0.4 is 18.9 Å². The molecule has 3 aromatic carbocycles. The minimum atomic E-state index is -4.00. The van der Waals surface area contributed by atoms with Gasteiger partial charge in [-0.1, -0.05) is 23.8 Å². The average molecular weight is 508 g/mol. The summed E-state index contributed by atoms with van der Waals surface area (Å²) in [5.74, 6) is 2.58. The van der Waals surface area contributed by atoms with Gasteiger partial charge in [-0.2, -0.15) is 8.42 Å². The Morgan fingerprint density at radius 3 is 2.42 bits per heavy atom. The minimum Gasteiger partial charge on any atom is -0.454 e. The molecule has 1 aliphatic carbocycles. The number of ether oxygens (including phenoxy) is 4. The van der Waals surface area contributed by atoms with Crippen molar-refractivity contribution < 1.29 is 31.5 Å². The summed E-state index contributed by atoms with van der Waals surface area (Å²) in [6.07, 6.45) is -0.212. The highest BCUT2D eigenvalue weighted by molar-refractivity contribution is 7.86. The zero-order valence-electron chi connectivity index (χ0n) is 19.9. The van der Waals surface area contributed by atoms with E-state index in [0.717, 1.165) is 33.6 Å². The summed E-state index contributed by atoms with van der Waals surface area (Å²) in [5.41, 5.74) is 5.12. The van der Waals surface area contributed by atoms with Gasteiger partial charge in [-0.25, -0.2) is 0 Å². The van der Waals surface area contributed by atoms with Gasteiger partial charge in [0, 0.05) is 30.5 Å². The third-order valence-electron chi connectivity index (χ3n) is 7.59. The monoisotopic (exact) mass is 507 g/mol. The molecule has 0 amide bonds. The molecule has 186 valence electrons. The van der Waals surface area contributed by atoms with E-state index in [4.69, 9.17) is 23.1 Å². The van der Waals surface area contributed by atoms with Gasteiger partial charge in [0.1, 0.15) is 0 Å². The Morgan fingerprint density at radius 2 is 1.61 bits per heavy atom. The molecule has 3 atom stereocenters. The second kappa shape index (κ2) is 7.86. The maximum Gasteiger partial charge on any atom is 0.297 e. The van der Waals surface area contributed by atoms with Crippen LogP contribution >= 0.6 is 0 Å². The van der Waals surface area contributed by atoms with Gasteiger partial charge in [0.15, 0.2) is 23.0 Å². The highest BCUT2D eigenvalue weighted by atomic mass is 32.2. The highest BCUT2D eigenvalue weighted by Crippen LogP contribution is 2.55. The van der Waals surface area contributed by atoms with Crippen LogP contribution in [0.4, 0.5) is 0 Å². The first-order valence-corrected chi connectivity index (χ1v) is 13.3. The van der Waals surface area contributed by atoms with Gasteiger partial charge in [0.2, 0.25) is 13.6 Å². The molecule has 0 aromatic heterocycles. The van der Waals surface area contributed by atoms with E-state index in [1.165, 1.54) is 0 Å². The van der Waals surface area contributed by atoms with Crippen LogP contribution in [0.5, 0.6) is 23.0 Å². The topological polar surface area (TPSA) is 83.5 Å². The molecule has 0 fully saturated rings. The molecule has 0 saturated carbocycles. The van der Waals surface area contributed by atoms with Crippen molar-refractivity contribution in [1.82, 2.24) is 4.90 Å². The summed E-state index contributed by atoms with van der Waals surface area (Å²) in [5, 5.41) is 0. The Balaban J connectivity index is 1.37. The Labute approximate surface area is 209 Å². The van der Waals surface area contributed by atoms with E-state index in [0.29, 0.717) is 30.2 Å². The molecule has 0 spiro atoms. The van der Waals surface area contributed by atoms with Gasteiger partial charge in [-0.15, -0.1) is 0 Å². The number of rotatable bonds is 3. The quantitative estimate of drug-likeness (QED) is 0.491. The molecule has 36 heavy (non-hydrogen) atoms. The molecule has 9 heteroatoms. The van der Waals surface area contributed by atoms with Crippen LogP contribution in [0.1, 0.15) is 39.8 Å². The molecule has 0 bridgehead atoms. The Hall–Kier alpha value is -3.27. The molecule has 4 aliphatic rings. The number of hydrogen-bond donors (Lipinski definition) is 0. The van der Waals surface area contributed by atoms with E-state index in [9.17, 15) is 8.42 Å². The summed E-state index contributed by atoms with van der Waals surface area (Å²) in [6.45, 7) is 2.91. The van der Waals surface area contributed by atoms with Crippen molar-refractivity contribution in [3.63, 3.8) is 0 Å². The lowest BCUT2D eigenvalue weighted by Gasteiger charge is -2.47. The van der Waals surface area contributed by atoms with Crippen LogP contribution in [0, 0.1) is 6.92 Å². The zero-order valence-corrected chi connectivity index (χ0v) is 20.7. The van der Waals surface area contributed by atoms with E-state index < -0.39 is 16.2 Å². The third-order valence-corrected chi connectivity index (χ3v) is 8.94. The smallest absolute Gasteiger partial charge is 0.297 e. The third kappa shape index (κ3) is 3.30. The van der Waals surface area contributed by atoms with Gasteiger partial charge < -0.3 is 18.9 Å². The predicted octanol–water partition coefficient (Wildman–Crippen LogP) is 4.05. The van der Waals surface area contributed by atoms with Gasteiger partial charge >= 0.3 is 0 Å². The number of fused-ring (bicyclic) bond motifs is 8. The number of nitrogens with zero attached hydrogens (tertiary/aromatic N) is 1. The second-order valence-electron chi connectivity index (χ2n) is 9.76. The fourth-order valence-electron chi connectivity index (χ4n) is 5.96. The first kappa shape index (κ1) is 22.0. The SMILES string of the molecule is Cc1ccc(S(=O)(=O)O[C@H]2Cc3cc4c(cc3C3C2c2ccc5c(c2CN3C)OCO5)OCO4)cc1. The van der Waals surface area contributed by atoms with Crippen LogP contribution in [0.15, 0.2) is 53.4 Å². The first-order chi connectivity index (χ1) is 17.4. The molecule has 0 N–H and O–H groups in total. The van der Waals surface area contributed by atoms with Crippen LogP contribution in [0.2, 0.25) is 0 Å². The number of aryl methyl sites for hydroxylation is 1. The maximum absolute atomic E-state index is 13.4. The fraction of sp³-hybridized carbons (Fsp3) is 0.333. The highest BCUT2D eigenvalue weighted by Gasteiger charge is 2.47. The molecule has 7 rings (SSSR count). The lowest BCUT2D eigenvalue weighted by atomic mass is 9.70. The first-order valence-electron chi connectivity index (χ1n) is 11.9. The molecular formula is C27H25NO7S. The molecular weight excluding hydrogens is 482 g/mol. The summed E-state index contributed by atoms with van der Waals surface area (Å²) >= 11 is 0. The standard InChI is InChI=1S/C27H25NO7S/c1-15-3-5-17(6-4-15)36(29,30)35-24-10-16-9-22-23(33-13-32-22)11-19(16)26-25(24)18-7-8-21-27(34-14-31-21)20(18)12-28(26)2/h3-9,11,24-26H,10,12-14H2,1-2H3/t24-,25?,26?/m0/s1. The van der Waals surface area contributed by atoms with Crippen LogP contribution in [0.25, 0.3) is 0 Å². The van der Waals surface area contributed by atoms with Gasteiger partial charge in [0.25, 0.3) is 10.1 Å². The van der Waals surface area contributed by atoms with Crippen molar-refractivity contribution in [2.75, 3.05) is 20.6 Å². The van der Waals surface area contributed by atoms with Crippen molar-refractivity contribution >= 4 is 10.1 Å². The van der Waals surface area contributed by atoms with E-state index in [1.54, 1.807) is 24.3 Å². The molecule has 0 saturated heterocycles. The van der Waals surface area contributed by atoms with Crippen molar-refractivity contribution in [1.29, 1.82) is 0 Å². The number of likely N-dealkylation sites (N-methyl/N-ethyl adjacent to an activating group) is 1. The van der Waals surface area contributed by atoms with Crippen molar-refractivity contribution in [2.45, 2.75) is 42.8 Å². The van der Waals surface area contributed by atoms with Crippen molar-refractivity contribution in [3.05, 3.63) is 76.3 Å². The number of hydrogen-bond acceptors (Lipinski definition) is 8. The van der Waals surface area contributed by atoms with Crippen LogP contribution in [-0.2, 0) is 27.3 Å². The van der Waals surface area contributed by atoms with Crippen LogP contribution in [-0.4, -0.2) is 40.1 Å². The van der Waals surface area contributed by atoms with Crippen molar-refractivity contribution in [3.8, 4) is 23.0 Å². The summed E-state index contributed by atoms with van der Waals surface area (Å²) in [4.78, 5) is 2.38. The summed E-state index contributed by atoms with van der Waals surface area (Å²) in [6, 6.07) is 14.6. The molecule has 3 aromatic rings. The predicted molar refractivity (Wildman–Crippen MR) is 129 cm³/mol. The molecule has 3 heterocycles. The van der Waals surface area contributed by atoms with Gasteiger partial charge in [-0.3, -0.25) is 9.08 Å². The molecule has 8 nitrogen and oxygen atoms in total. The molecule has 2 unspecified atom stereocenters.